The Morgan fingerprint density at radius 1 is 1.19 bits per heavy atom. The van der Waals surface area contributed by atoms with Crippen LogP contribution in [-0.4, -0.2) is 48.5 Å². The number of amides is 2. The van der Waals surface area contributed by atoms with Crippen molar-refractivity contribution in [1.29, 1.82) is 0 Å². The molecular weight excluding hydrogens is 476 g/mol. The van der Waals surface area contributed by atoms with E-state index in [0.717, 1.165) is 11.1 Å². The van der Waals surface area contributed by atoms with Crippen LogP contribution in [-0.2, 0) is 16.9 Å². The van der Waals surface area contributed by atoms with Gasteiger partial charge in [-0.25, -0.2) is 13.2 Å². The van der Waals surface area contributed by atoms with Gasteiger partial charge in [0, 0.05) is 43.5 Å². The van der Waals surface area contributed by atoms with Gasteiger partial charge in [0.15, 0.2) is 9.84 Å². The number of hydrogen-bond acceptors (Lipinski definition) is 5. The lowest BCUT2D eigenvalue weighted by Crippen LogP contribution is -2.42. The molecule has 1 aromatic heterocycles. The largest absolute Gasteiger partial charge is 0.384 e. The summed E-state index contributed by atoms with van der Waals surface area (Å²) < 4.78 is 26.1. The van der Waals surface area contributed by atoms with E-state index in [9.17, 15) is 18.0 Å². The third-order valence-electron chi connectivity index (χ3n) is 6.92. The summed E-state index contributed by atoms with van der Waals surface area (Å²) in [6.45, 7) is 4.82. The van der Waals surface area contributed by atoms with Crippen molar-refractivity contribution in [1.82, 2.24) is 14.8 Å². The molecule has 1 unspecified atom stereocenters. The van der Waals surface area contributed by atoms with Crippen LogP contribution < -0.4 is 16.2 Å². The number of rotatable bonds is 4. The molecule has 2 aliphatic heterocycles. The number of benzene rings is 1. The fourth-order valence-corrected chi connectivity index (χ4v) is 5.95. The van der Waals surface area contributed by atoms with Crippen molar-refractivity contribution in [3.63, 3.8) is 0 Å². The number of aromatic nitrogens is 1. The number of hydrogen-bond donors (Lipinski definition) is 2. The summed E-state index contributed by atoms with van der Waals surface area (Å²) in [5.41, 5.74) is 5.53. The first kappa shape index (κ1) is 24.1. The van der Waals surface area contributed by atoms with Gasteiger partial charge in [-0.15, -0.1) is 0 Å². The van der Waals surface area contributed by atoms with Gasteiger partial charge in [0.05, 0.1) is 23.1 Å². The molecular formula is C27H30N4O4S. The van der Waals surface area contributed by atoms with Crippen molar-refractivity contribution < 1.29 is 13.2 Å². The molecule has 1 atom stereocenters. The van der Waals surface area contributed by atoms with E-state index >= 15 is 0 Å². The molecule has 0 spiro atoms. The standard InChI is InChI=1S/C27H30N4O4S/c1-16(2)17-5-7-20(8-6-17)29-27(33)31-14-18-13-19(15-36(4,34)35)21-10-12-30(3)26(32)24(21)25-23(18)22(31)9-11-28-25/h5-8,10,12-14,16,22,28H,9,11,15H2,1-4H3,(H,29,33). The highest BCUT2D eigenvalue weighted by Crippen LogP contribution is 2.42. The molecule has 0 saturated heterocycles. The van der Waals surface area contributed by atoms with E-state index in [4.69, 9.17) is 0 Å². The molecule has 1 aliphatic carbocycles. The van der Waals surface area contributed by atoms with Gasteiger partial charge in [0.1, 0.15) is 0 Å². The third-order valence-corrected chi connectivity index (χ3v) is 7.76. The van der Waals surface area contributed by atoms with Crippen molar-refractivity contribution in [3.05, 3.63) is 87.0 Å². The van der Waals surface area contributed by atoms with Gasteiger partial charge in [0.25, 0.3) is 5.56 Å². The van der Waals surface area contributed by atoms with Gasteiger partial charge in [-0.3, -0.25) is 9.69 Å². The predicted molar refractivity (Wildman–Crippen MR) is 142 cm³/mol. The van der Waals surface area contributed by atoms with Crippen LogP contribution in [0.25, 0.3) is 11.3 Å². The van der Waals surface area contributed by atoms with E-state index in [1.807, 2.05) is 30.3 Å². The summed E-state index contributed by atoms with van der Waals surface area (Å²) >= 11 is 0. The SMILES string of the molecule is CC(C)c1ccc(NC(=O)N2C=C3C=C(CS(C)(=O)=O)c4ccn(C)c(=O)c4C4=C3C2CCN4)cc1. The summed E-state index contributed by atoms with van der Waals surface area (Å²) in [4.78, 5) is 28.3. The van der Waals surface area contributed by atoms with Crippen LogP contribution in [0.1, 0.15) is 42.9 Å². The molecule has 2 N–H and O–H groups in total. The van der Waals surface area contributed by atoms with E-state index in [2.05, 4.69) is 24.5 Å². The number of urea groups is 1. The van der Waals surface area contributed by atoms with Gasteiger partial charge in [-0.05, 0) is 58.9 Å². The number of aryl methyl sites for hydroxylation is 1. The van der Waals surface area contributed by atoms with E-state index < -0.39 is 9.84 Å². The molecule has 9 heteroatoms. The van der Waals surface area contributed by atoms with Gasteiger partial charge in [-0.2, -0.15) is 0 Å². The number of nitrogens with one attached hydrogen (secondary N) is 2. The summed E-state index contributed by atoms with van der Waals surface area (Å²) in [5.74, 6) is 0.193. The lowest BCUT2D eigenvalue weighted by molar-refractivity contribution is 0.220. The normalized spacial score (nSPS) is 18.7. The second-order valence-electron chi connectivity index (χ2n) is 9.98. The van der Waals surface area contributed by atoms with Gasteiger partial charge < -0.3 is 15.2 Å². The minimum Gasteiger partial charge on any atom is -0.384 e. The maximum Gasteiger partial charge on any atom is 0.326 e. The first-order chi connectivity index (χ1) is 17.0. The predicted octanol–water partition coefficient (Wildman–Crippen LogP) is 3.45. The van der Waals surface area contributed by atoms with Gasteiger partial charge in [0.2, 0.25) is 0 Å². The quantitative estimate of drug-likeness (QED) is 0.662. The Labute approximate surface area is 210 Å². The summed E-state index contributed by atoms with van der Waals surface area (Å²) in [6.07, 6.45) is 7.08. The number of pyridine rings is 1. The number of carbonyl (C=O) groups excluding carboxylic acids is 1. The lowest BCUT2D eigenvalue weighted by atomic mass is 9.92. The molecule has 2 aromatic rings. The van der Waals surface area contributed by atoms with E-state index in [1.165, 1.54) is 16.4 Å². The van der Waals surface area contributed by atoms with Gasteiger partial charge >= 0.3 is 6.03 Å². The summed E-state index contributed by atoms with van der Waals surface area (Å²) in [5, 5.41) is 6.36. The maximum atomic E-state index is 13.4. The number of sulfone groups is 1. The van der Waals surface area contributed by atoms with Crippen molar-refractivity contribution in [3.8, 4) is 0 Å². The van der Waals surface area contributed by atoms with Crippen molar-refractivity contribution in [2.24, 2.45) is 7.05 Å². The molecule has 3 aliphatic rings. The lowest BCUT2D eigenvalue weighted by Gasteiger charge is -2.31. The fraction of sp³-hybridized carbons (Fsp3) is 0.333. The van der Waals surface area contributed by atoms with E-state index in [0.29, 0.717) is 47.0 Å². The average Bonchev–Trinajstić information content (AvgIpc) is 3.12. The molecule has 0 fully saturated rings. The van der Waals surface area contributed by atoms with Crippen LogP contribution >= 0.6 is 0 Å². The Balaban J connectivity index is 1.59. The Morgan fingerprint density at radius 2 is 1.92 bits per heavy atom. The molecule has 0 radical (unpaired) electrons. The Hall–Kier alpha value is -3.59. The zero-order valence-electron chi connectivity index (χ0n) is 20.8. The number of fused-ring (bicyclic) bond motifs is 2. The van der Waals surface area contributed by atoms with Crippen LogP contribution in [0.15, 0.2) is 64.7 Å². The Morgan fingerprint density at radius 3 is 2.58 bits per heavy atom. The van der Waals surface area contributed by atoms with Crippen LogP contribution in [0, 0.1) is 0 Å². The smallest absolute Gasteiger partial charge is 0.326 e. The molecule has 188 valence electrons. The minimum absolute atomic E-state index is 0.204. The maximum absolute atomic E-state index is 13.4. The molecule has 8 nitrogen and oxygen atoms in total. The second-order valence-corrected chi connectivity index (χ2v) is 12.1. The molecule has 2 amide bonds. The van der Waals surface area contributed by atoms with Crippen molar-refractivity contribution >= 4 is 32.8 Å². The number of anilines is 1. The fourth-order valence-electron chi connectivity index (χ4n) is 5.15. The molecule has 0 bridgehead atoms. The molecule has 3 heterocycles. The van der Waals surface area contributed by atoms with Crippen LogP contribution in [0.5, 0.6) is 0 Å². The first-order valence-electron chi connectivity index (χ1n) is 12.0. The molecule has 0 saturated carbocycles. The topological polar surface area (TPSA) is 101 Å². The van der Waals surface area contributed by atoms with Crippen LogP contribution in [0.3, 0.4) is 0 Å². The number of allylic oxidation sites excluding steroid dienone is 1. The average molecular weight is 507 g/mol. The highest BCUT2D eigenvalue weighted by molar-refractivity contribution is 7.91. The zero-order valence-corrected chi connectivity index (χ0v) is 21.6. The highest BCUT2D eigenvalue weighted by Gasteiger charge is 2.40. The third kappa shape index (κ3) is 4.28. The van der Waals surface area contributed by atoms with Crippen molar-refractivity contribution in [2.45, 2.75) is 32.2 Å². The van der Waals surface area contributed by atoms with Crippen molar-refractivity contribution in [2.75, 3.05) is 23.9 Å². The van der Waals surface area contributed by atoms with E-state index in [-0.39, 0.29) is 23.4 Å². The monoisotopic (exact) mass is 506 g/mol. The molecule has 5 rings (SSSR count). The second kappa shape index (κ2) is 8.81. The first-order valence-corrected chi connectivity index (χ1v) is 14.1. The summed E-state index contributed by atoms with van der Waals surface area (Å²) in [7, 11) is -1.70. The molecule has 1 aromatic carbocycles. The van der Waals surface area contributed by atoms with Crippen LogP contribution in [0.2, 0.25) is 0 Å². The highest BCUT2D eigenvalue weighted by atomic mass is 32.2. The number of carbonyl (C=O) groups is 1. The number of nitrogens with zero attached hydrogens (tertiary/aromatic N) is 2. The van der Waals surface area contributed by atoms with Crippen LogP contribution in [0.4, 0.5) is 10.5 Å². The zero-order chi connectivity index (χ0) is 25.8. The molecule has 36 heavy (non-hydrogen) atoms. The Bertz CT molecular complexity index is 1510. The Kier molecular flexibility index (Phi) is 5.90. The van der Waals surface area contributed by atoms with E-state index in [1.54, 1.807) is 30.4 Å². The summed E-state index contributed by atoms with van der Waals surface area (Å²) in [6, 6.07) is 9.05. The minimum atomic E-state index is -3.37. The van der Waals surface area contributed by atoms with Gasteiger partial charge in [-0.1, -0.05) is 26.0 Å².